The van der Waals surface area contributed by atoms with E-state index >= 15 is 0 Å². The van der Waals surface area contributed by atoms with Gasteiger partial charge in [-0.15, -0.1) is 0 Å². The largest absolute Gasteiger partial charge is 0.478 e. The third-order valence-corrected chi connectivity index (χ3v) is 4.39. The van der Waals surface area contributed by atoms with Gasteiger partial charge in [-0.3, -0.25) is 0 Å². The van der Waals surface area contributed by atoms with Crippen LogP contribution in [0.2, 0.25) is 5.02 Å². The highest BCUT2D eigenvalue weighted by atomic mass is 35.5. The summed E-state index contributed by atoms with van der Waals surface area (Å²) in [7, 11) is 0. The van der Waals surface area contributed by atoms with Crippen LogP contribution >= 0.6 is 11.6 Å². The first-order valence-corrected chi connectivity index (χ1v) is 8.06. The van der Waals surface area contributed by atoms with Crippen molar-refractivity contribution in [2.75, 3.05) is 0 Å². The maximum Gasteiger partial charge on any atom is 0.430 e. The van der Waals surface area contributed by atoms with Crippen LogP contribution in [0.1, 0.15) is 22.3 Å². The predicted octanol–water partition coefficient (Wildman–Crippen LogP) is 4.59. The SMILES string of the molecule is N#Cc1ccc(Cc2cc3c(cc2Cl)C=C(C(=O)O)C(C(F)(F)F)O3)cc1. The molecule has 0 fully saturated rings. The van der Waals surface area contributed by atoms with Gasteiger partial charge >= 0.3 is 12.1 Å². The lowest BCUT2D eigenvalue weighted by Crippen LogP contribution is -2.40. The fraction of sp³-hybridized carbons (Fsp3) is 0.158. The van der Waals surface area contributed by atoms with Crippen molar-refractivity contribution >= 4 is 23.6 Å². The second kappa shape index (κ2) is 6.97. The average Bonchev–Trinajstić information content (AvgIpc) is 2.61. The Kier molecular flexibility index (Phi) is 4.85. The number of alkyl halides is 3. The van der Waals surface area contributed by atoms with E-state index in [0.29, 0.717) is 17.5 Å². The van der Waals surface area contributed by atoms with Crippen molar-refractivity contribution in [2.24, 2.45) is 0 Å². The van der Waals surface area contributed by atoms with E-state index in [2.05, 4.69) is 0 Å². The van der Waals surface area contributed by atoms with E-state index < -0.39 is 23.8 Å². The molecule has 2 aromatic rings. The lowest BCUT2D eigenvalue weighted by molar-refractivity contribution is -0.187. The van der Waals surface area contributed by atoms with E-state index in [-0.39, 0.29) is 16.3 Å². The summed E-state index contributed by atoms with van der Waals surface area (Å²) >= 11 is 6.22. The molecule has 0 aliphatic carbocycles. The van der Waals surface area contributed by atoms with Crippen molar-refractivity contribution in [2.45, 2.75) is 18.7 Å². The second-order valence-electron chi connectivity index (χ2n) is 5.91. The Hall–Kier alpha value is -2.98. The molecule has 1 N–H and O–H groups in total. The van der Waals surface area contributed by atoms with E-state index in [1.54, 1.807) is 24.3 Å². The summed E-state index contributed by atoms with van der Waals surface area (Å²) in [6.07, 6.45) is -6.18. The lowest BCUT2D eigenvalue weighted by Gasteiger charge is -2.27. The van der Waals surface area contributed by atoms with Gasteiger partial charge in [0, 0.05) is 10.6 Å². The Morgan fingerprint density at radius 2 is 1.93 bits per heavy atom. The molecule has 0 saturated heterocycles. The zero-order valence-corrected chi connectivity index (χ0v) is 14.3. The van der Waals surface area contributed by atoms with Crippen LogP contribution in [0.25, 0.3) is 6.08 Å². The van der Waals surface area contributed by atoms with Gasteiger partial charge in [0.25, 0.3) is 0 Å². The van der Waals surface area contributed by atoms with Crippen molar-refractivity contribution in [1.29, 1.82) is 5.26 Å². The van der Waals surface area contributed by atoms with Crippen molar-refractivity contribution in [3.05, 3.63) is 69.2 Å². The number of benzene rings is 2. The number of aliphatic carboxylic acids is 1. The average molecular weight is 394 g/mol. The van der Waals surface area contributed by atoms with Gasteiger partial charge in [-0.05, 0) is 47.9 Å². The highest BCUT2D eigenvalue weighted by Gasteiger charge is 2.48. The van der Waals surface area contributed by atoms with Crippen LogP contribution in [-0.2, 0) is 11.2 Å². The van der Waals surface area contributed by atoms with Crippen molar-refractivity contribution in [3.8, 4) is 11.8 Å². The zero-order valence-electron chi connectivity index (χ0n) is 13.5. The van der Waals surface area contributed by atoms with Gasteiger partial charge in [-0.1, -0.05) is 23.7 Å². The lowest BCUT2D eigenvalue weighted by atomic mass is 9.97. The van der Waals surface area contributed by atoms with Crippen LogP contribution in [0.4, 0.5) is 13.2 Å². The first-order valence-electron chi connectivity index (χ1n) is 7.68. The molecule has 3 rings (SSSR count). The summed E-state index contributed by atoms with van der Waals surface area (Å²) < 4.78 is 44.5. The second-order valence-corrected chi connectivity index (χ2v) is 6.32. The van der Waals surface area contributed by atoms with Gasteiger partial charge in [0.05, 0.1) is 17.2 Å². The smallest absolute Gasteiger partial charge is 0.430 e. The maximum absolute atomic E-state index is 13.2. The fourth-order valence-electron chi connectivity index (χ4n) is 2.73. The highest BCUT2D eigenvalue weighted by molar-refractivity contribution is 6.31. The molecule has 1 aliphatic rings. The molecule has 4 nitrogen and oxygen atoms in total. The minimum atomic E-state index is -4.87. The third-order valence-electron chi connectivity index (χ3n) is 4.04. The third kappa shape index (κ3) is 3.91. The van der Waals surface area contributed by atoms with Crippen molar-refractivity contribution < 1.29 is 27.8 Å². The summed E-state index contributed by atoms with van der Waals surface area (Å²) in [4.78, 5) is 11.2. The van der Waals surface area contributed by atoms with Gasteiger partial charge in [-0.2, -0.15) is 18.4 Å². The van der Waals surface area contributed by atoms with E-state index in [4.69, 9.17) is 26.7 Å². The standard InChI is InChI=1S/C19H11ClF3NO3/c20-15-7-13-6-14(18(25)26)17(19(21,22)23)27-16(13)8-12(15)5-10-1-3-11(9-24)4-2-10/h1-4,6-8,17H,5H2,(H,25,26). The number of carbonyl (C=O) groups is 1. The van der Waals surface area contributed by atoms with E-state index in [9.17, 15) is 18.0 Å². The van der Waals surface area contributed by atoms with E-state index in [1.165, 1.54) is 12.1 Å². The van der Waals surface area contributed by atoms with Gasteiger partial charge in [0.1, 0.15) is 5.75 Å². The number of ether oxygens (including phenoxy) is 1. The molecule has 138 valence electrons. The topological polar surface area (TPSA) is 70.3 Å². The number of nitrogens with zero attached hydrogens (tertiary/aromatic N) is 1. The molecule has 1 atom stereocenters. The Bertz CT molecular complexity index is 975. The maximum atomic E-state index is 13.2. The molecule has 1 heterocycles. The molecule has 1 aliphatic heterocycles. The van der Waals surface area contributed by atoms with Gasteiger partial charge in [0.15, 0.2) is 0 Å². The normalized spacial score (nSPS) is 16.0. The molecule has 0 amide bonds. The highest BCUT2D eigenvalue weighted by Crippen LogP contribution is 2.39. The van der Waals surface area contributed by atoms with Crippen LogP contribution in [0.5, 0.6) is 5.75 Å². The van der Waals surface area contributed by atoms with Crippen LogP contribution < -0.4 is 4.74 Å². The molecule has 1 unspecified atom stereocenters. The monoisotopic (exact) mass is 393 g/mol. The van der Waals surface area contributed by atoms with Crippen molar-refractivity contribution in [1.82, 2.24) is 0 Å². The van der Waals surface area contributed by atoms with Crippen LogP contribution in [0.15, 0.2) is 42.0 Å². The predicted molar refractivity (Wildman–Crippen MR) is 91.5 cm³/mol. The minimum absolute atomic E-state index is 0.0876. The molecular weight excluding hydrogens is 383 g/mol. The molecule has 0 saturated carbocycles. The van der Waals surface area contributed by atoms with Crippen LogP contribution in [0.3, 0.4) is 0 Å². The quantitative estimate of drug-likeness (QED) is 0.827. The molecule has 0 spiro atoms. The molecule has 0 bridgehead atoms. The minimum Gasteiger partial charge on any atom is -0.478 e. The Labute approximate surface area is 157 Å². The summed E-state index contributed by atoms with van der Waals surface area (Å²) in [6.45, 7) is 0. The number of hydrogen-bond donors (Lipinski definition) is 1. The Morgan fingerprint density at radius 1 is 1.26 bits per heavy atom. The summed E-state index contributed by atoms with van der Waals surface area (Å²) in [5, 5.41) is 18.1. The molecule has 8 heteroatoms. The molecule has 0 radical (unpaired) electrons. The number of nitriles is 1. The van der Waals surface area contributed by atoms with Gasteiger partial charge < -0.3 is 9.84 Å². The number of carboxylic acids is 1. The summed E-state index contributed by atoms with van der Waals surface area (Å²) in [6, 6.07) is 11.4. The number of fused-ring (bicyclic) bond motifs is 1. The number of rotatable bonds is 3. The summed E-state index contributed by atoms with van der Waals surface area (Å²) in [5.41, 5.74) is 1.08. The van der Waals surface area contributed by atoms with E-state index in [1.807, 2.05) is 6.07 Å². The molecule has 27 heavy (non-hydrogen) atoms. The number of halogens is 4. The van der Waals surface area contributed by atoms with Crippen LogP contribution in [0, 0.1) is 11.3 Å². The molecular formula is C19H11ClF3NO3. The zero-order chi connectivity index (χ0) is 19.8. The molecule has 0 aromatic heterocycles. The first-order chi connectivity index (χ1) is 12.7. The number of carboxylic acid groups (broad SMARTS) is 1. The van der Waals surface area contributed by atoms with Gasteiger partial charge in [0.2, 0.25) is 6.10 Å². The van der Waals surface area contributed by atoms with Crippen molar-refractivity contribution in [3.63, 3.8) is 0 Å². The number of hydrogen-bond acceptors (Lipinski definition) is 3. The summed E-state index contributed by atoms with van der Waals surface area (Å²) in [5.74, 6) is -1.80. The van der Waals surface area contributed by atoms with Gasteiger partial charge in [-0.25, -0.2) is 4.79 Å². The Morgan fingerprint density at radius 3 is 2.48 bits per heavy atom. The molecule has 2 aromatic carbocycles. The fourth-order valence-corrected chi connectivity index (χ4v) is 2.97. The Balaban J connectivity index is 1.98. The first kappa shape index (κ1) is 18.8. The van der Waals surface area contributed by atoms with Crippen LogP contribution in [-0.4, -0.2) is 23.4 Å². The van der Waals surface area contributed by atoms with E-state index in [0.717, 1.165) is 11.6 Å².